The maximum atomic E-state index is 12.2. The summed E-state index contributed by atoms with van der Waals surface area (Å²) in [6.45, 7) is 2.55. The van der Waals surface area contributed by atoms with Gasteiger partial charge in [-0.25, -0.2) is 0 Å². The van der Waals surface area contributed by atoms with Crippen LogP contribution in [0.2, 0.25) is 0 Å². The van der Waals surface area contributed by atoms with E-state index in [0.29, 0.717) is 6.61 Å². The van der Waals surface area contributed by atoms with Crippen molar-refractivity contribution in [1.29, 1.82) is 0 Å². The summed E-state index contributed by atoms with van der Waals surface area (Å²) in [5.41, 5.74) is 0.787. The topological polar surface area (TPSA) is 38.3 Å². The number of carbonyl (C=O) groups excluding carboxylic acids is 1. The van der Waals surface area contributed by atoms with Gasteiger partial charge in [0, 0.05) is 5.92 Å². The smallest absolute Gasteiger partial charge is 0.227 e. The van der Waals surface area contributed by atoms with Crippen molar-refractivity contribution in [3.05, 3.63) is 24.3 Å². The molecular weight excluding hydrogens is 226 g/mol. The molecule has 0 unspecified atom stereocenters. The third kappa shape index (κ3) is 3.25. The summed E-state index contributed by atoms with van der Waals surface area (Å²) in [4.78, 5) is 12.2. The normalized spacial score (nSPS) is 16.3. The van der Waals surface area contributed by atoms with Crippen LogP contribution in [0.3, 0.4) is 0 Å². The van der Waals surface area contributed by atoms with E-state index in [-0.39, 0.29) is 11.8 Å². The third-order valence-electron chi connectivity index (χ3n) is 3.42. The quantitative estimate of drug-likeness (QED) is 0.882. The molecule has 0 atom stereocenters. The molecule has 2 rings (SSSR count). The molecule has 1 fully saturated rings. The zero-order chi connectivity index (χ0) is 12.8. The molecule has 1 amide bonds. The highest BCUT2D eigenvalue weighted by Crippen LogP contribution is 2.28. The van der Waals surface area contributed by atoms with E-state index >= 15 is 0 Å². The molecule has 1 N–H and O–H groups in total. The van der Waals surface area contributed by atoms with E-state index in [9.17, 15) is 4.79 Å². The molecule has 0 aliphatic heterocycles. The molecule has 0 radical (unpaired) electrons. The van der Waals surface area contributed by atoms with Crippen LogP contribution >= 0.6 is 0 Å². The monoisotopic (exact) mass is 247 g/mol. The van der Waals surface area contributed by atoms with Crippen LogP contribution in [0.25, 0.3) is 0 Å². The Balaban J connectivity index is 2.01. The molecular formula is C15H21NO2. The minimum absolute atomic E-state index is 0.141. The molecule has 1 saturated carbocycles. The van der Waals surface area contributed by atoms with Crippen molar-refractivity contribution in [2.75, 3.05) is 11.9 Å². The third-order valence-corrected chi connectivity index (χ3v) is 3.42. The van der Waals surface area contributed by atoms with E-state index < -0.39 is 0 Å². The molecule has 18 heavy (non-hydrogen) atoms. The summed E-state index contributed by atoms with van der Waals surface area (Å²) < 4.78 is 5.51. The van der Waals surface area contributed by atoms with Crippen molar-refractivity contribution < 1.29 is 9.53 Å². The van der Waals surface area contributed by atoms with Gasteiger partial charge in [0.2, 0.25) is 5.91 Å². The SMILES string of the molecule is CCOc1ccccc1NC(=O)C1CCCCC1. The van der Waals surface area contributed by atoms with Gasteiger partial charge in [0.05, 0.1) is 12.3 Å². The van der Waals surface area contributed by atoms with Crippen molar-refractivity contribution in [1.82, 2.24) is 0 Å². The fourth-order valence-corrected chi connectivity index (χ4v) is 2.45. The number of anilines is 1. The first-order valence-corrected chi connectivity index (χ1v) is 6.84. The molecule has 1 aliphatic rings. The minimum atomic E-state index is 0.141. The maximum absolute atomic E-state index is 12.2. The van der Waals surface area contributed by atoms with E-state index in [4.69, 9.17) is 4.74 Å². The predicted molar refractivity (Wildman–Crippen MR) is 72.8 cm³/mol. The number of carbonyl (C=O) groups is 1. The summed E-state index contributed by atoms with van der Waals surface area (Å²) in [7, 11) is 0. The number of hydrogen-bond acceptors (Lipinski definition) is 2. The van der Waals surface area contributed by atoms with E-state index in [0.717, 1.165) is 24.3 Å². The number of rotatable bonds is 4. The van der Waals surface area contributed by atoms with Crippen molar-refractivity contribution in [2.45, 2.75) is 39.0 Å². The Kier molecular flexibility index (Phi) is 4.62. The summed E-state index contributed by atoms with van der Waals surface area (Å²) in [5, 5.41) is 3.00. The highest BCUT2D eigenvalue weighted by molar-refractivity contribution is 5.93. The van der Waals surface area contributed by atoms with Gasteiger partial charge in [0.15, 0.2) is 0 Å². The van der Waals surface area contributed by atoms with Gasteiger partial charge in [-0.05, 0) is 31.9 Å². The number of amides is 1. The Hall–Kier alpha value is -1.51. The average molecular weight is 247 g/mol. The number of para-hydroxylation sites is 2. The second kappa shape index (κ2) is 6.43. The van der Waals surface area contributed by atoms with Gasteiger partial charge < -0.3 is 10.1 Å². The van der Waals surface area contributed by atoms with Gasteiger partial charge in [-0.15, -0.1) is 0 Å². The number of ether oxygens (including phenoxy) is 1. The maximum Gasteiger partial charge on any atom is 0.227 e. The van der Waals surface area contributed by atoms with Gasteiger partial charge in [0.1, 0.15) is 5.75 Å². The van der Waals surface area contributed by atoms with Crippen LogP contribution in [-0.2, 0) is 4.79 Å². The molecule has 1 aromatic rings. The fraction of sp³-hybridized carbons (Fsp3) is 0.533. The summed E-state index contributed by atoms with van der Waals surface area (Å²) in [5.74, 6) is 1.07. The van der Waals surface area contributed by atoms with E-state index in [1.54, 1.807) is 0 Å². The lowest BCUT2D eigenvalue weighted by molar-refractivity contribution is -0.120. The van der Waals surface area contributed by atoms with Crippen molar-refractivity contribution in [2.24, 2.45) is 5.92 Å². The first-order valence-electron chi connectivity index (χ1n) is 6.84. The van der Waals surface area contributed by atoms with Gasteiger partial charge in [-0.1, -0.05) is 31.4 Å². The Bertz CT molecular complexity index is 397. The molecule has 0 bridgehead atoms. The van der Waals surface area contributed by atoms with Crippen molar-refractivity contribution >= 4 is 11.6 Å². The van der Waals surface area contributed by atoms with Crippen LogP contribution in [0, 0.1) is 5.92 Å². The van der Waals surface area contributed by atoms with E-state index in [2.05, 4.69) is 5.32 Å². The first kappa shape index (κ1) is 12.9. The minimum Gasteiger partial charge on any atom is -0.492 e. The summed E-state index contributed by atoms with van der Waals surface area (Å²) in [6, 6.07) is 7.62. The second-order valence-corrected chi connectivity index (χ2v) is 4.75. The molecule has 0 aromatic heterocycles. The molecule has 98 valence electrons. The zero-order valence-electron chi connectivity index (χ0n) is 10.9. The molecule has 1 aliphatic carbocycles. The highest BCUT2D eigenvalue weighted by atomic mass is 16.5. The number of nitrogens with one attached hydrogen (secondary N) is 1. The van der Waals surface area contributed by atoms with Gasteiger partial charge in [-0.3, -0.25) is 4.79 Å². The van der Waals surface area contributed by atoms with Crippen molar-refractivity contribution in [3.8, 4) is 5.75 Å². The molecule has 3 heteroatoms. The first-order chi connectivity index (χ1) is 8.81. The molecule has 0 spiro atoms. The Morgan fingerprint density at radius 2 is 2.00 bits per heavy atom. The lowest BCUT2D eigenvalue weighted by atomic mass is 9.88. The second-order valence-electron chi connectivity index (χ2n) is 4.75. The number of hydrogen-bond donors (Lipinski definition) is 1. The highest BCUT2D eigenvalue weighted by Gasteiger charge is 2.21. The van der Waals surface area contributed by atoms with Gasteiger partial charge >= 0.3 is 0 Å². The molecule has 1 aromatic carbocycles. The number of benzene rings is 1. The van der Waals surface area contributed by atoms with Crippen LogP contribution in [0.4, 0.5) is 5.69 Å². The zero-order valence-corrected chi connectivity index (χ0v) is 10.9. The standard InChI is InChI=1S/C15H21NO2/c1-2-18-14-11-7-6-10-13(14)16-15(17)12-8-4-3-5-9-12/h6-7,10-12H,2-5,8-9H2,1H3,(H,16,17). The lowest BCUT2D eigenvalue weighted by Gasteiger charge is -2.21. The van der Waals surface area contributed by atoms with Crippen LogP contribution in [-0.4, -0.2) is 12.5 Å². The van der Waals surface area contributed by atoms with E-state index in [1.807, 2.05) is 31.2 Å². The van der Waals surface area contributed by atoms with Crippen LogP contribution in [0.15, 0.2) is 24.3 Å². The fourth-order valence-electron chi connectivity index (χ4n) is 2.45. The largest absolute Gasteiger partial charge is 0.492 e. The predicted octanol–water partition coefficient (Wildman–Crippen LogP) is 3.60. The Morgan fingerprint density at radius 1 is 1.28 bits per heavy atom. The molecule has 0 heterocycles. The Labute approximate surface area is 109 Å². The lowest BCUT2D eigenvalue weighted by Crippen LogP contribution is -2.24. The summed E-state index contributed by atoms with van der Waals surface area (Å²) >= 11 is 0. The van der Waals surface area contributed by atoms with Crippen LogP contribution in [0.1, 0.15) is 39.0 Å². The van der Waals surface area contributed by atoms with Crippen LogP contribution < -0.4 is 10.1 Å². The summed E-state index contributed by atoms with van der Waals surface area (Å²) in [6.07, 6.45) is 5.64. The van der Waals surface area contributed by atoms with Crippen LogP contribution in [0.5, 0.6) is 5.75 Å². The average Bonchev–Trinajstić information content (AvgIpc) is 2.42. The van der Waals surface area contributed by atoms with Gasteiger partial charge in [-0.2, -0.15) is 0 Å². The molecule has 0 saturated heterocycles. The van der Waals surface area contributed by atoms with E-state index in [1.165, 1.54) is 19.3 Å². The molecule has 3 nitrogen and oxygen atoms in total. The Morgan fingerprint density at radius 3 is 2.72 bits per heavy atom. The van der Waals surface area contributed by atoms with Crippen molar-refractivity contribution in [3.63, 3.8) is 0 Å². The van der Waals surface area contributed by atoms with Gasteiger partial charge in [0.25, 0.3) is 0 Å².